The van der Waals surface area contributed by atoms with Gasteiger partial charge in [0.05, 0.1) is 23.3 Å². The zero-order valence-electron chi connectivity index (χ0n) is 9.05. The summed E-state index contributed by atoms with van der Waals surface area (Å²) in [5.41, 5.74) is 0.290. The average molecular weight is 263 g/mol. The van der Waals surface area contributed by atoms with Crippen LogP contribution in [0.1, 0.15) is 24.2 Å². The predicted octanol–water partition coefficient (Wildman–Crippen LogP) is 3.57. The molecule has 1 rings (SSSR count). The van der Waals surface area contributed by atoms with Crippen molar-refractivity contribution in [3.63, 3.8) is 0 Å². The number of rotatable bonds is 4. The van der Waals surface area contributed by atoms with Crippen molar-refractivity contribution in [2.24, 2.45) is 0 Å². The molecule has 0 aliphatic carbocycles. The average Bonchev–Trinajstić information content (AvgIpc) is 2.23. The molecule has 0 radical (unpaired) electrons. The van der Waals surface area contributed by atoms with Gasteiger partial charge in [-0.05, 0) is 19.9 Å². The summed E-state index contributed by atoms with van der Waals surface area (Å²) in [5.74, 6) is -0.0835. The number of esters is 1. The second-order valence-electron chi connectivity index (χ2n) is 2.92. The topological polar surface area (TPSA) is 35.5 Å². The zero-order valence-corrected chi connectivity index (χ0v) is 10.6. The van der Waals surface area contributed by atoms with E-state index in [-0.39, 0.29) is 5.56 Å². The normalized spacial score (nSPS) is 10.0. The SMILES string of the molecule is CCOC(=O)c1cc(Cl)c(Cl)cc1OCC. The summed E-state index contributed by atoms with van der Waals surface area (Å²) in [6, 6.07) is 2.96. The van der Waals surface area contributed by atoms with Crippen molar-refractivity contribution in [1.82, 2.24) is 0 Å². The first-order chi connectivity index (χ1) is 7.60. The monoisotopic (exact) mass is 262 g/mol. The van der Waals surface area contributed by atoms with E-state index in [0.717, 1.165) is 0 Å². The molecule has 1 aromatic rings. The van der Waals surface area contributed by atoms with E-state index >= 15 is 0 Å². The van der Waals surface area contributed by atoms with Crippen molar-refractivity contribution >= 4 is 29.2 Å². The summed E-state index contributed by atoms with van der Waals surface area (Å²) in [5, 5.41) is 0.645. The molecule has 0 spiro atoms. The first kappa shape index (κ1) is 13.1. The highest BCUT2D eigenvalue weighted by molar-refractivity contribution is 6.42. The standard InChI is InChI=1S/C11H12Cl2O3/c1-3-15-10-6-9(13)8(12)5-7(10)11(14)16-4-2/h5-6H,3-4H2,1-2H3. The van der Waals surface area contributed by atoms with Crippen LogP contribution in [0, 0.1) is 0 Å². The maximum absolute atomic E-state index is 11.6. The number of hydrogen-bond donors (Lipinski definition) is 0. The highest BCUT2D eigenvalue weighted by Crippen LogP contribution is 2.31. The van der Waals surface area contributed by atoms with Gasteiger partial charge in [0.1, 0.15) is 11.3 Å². The smallest absolute Gasteiger partial charge is 0.341 e. The third-order valence-electron chi connectivity index (χ3n) is 1.82. The lowest BCUT2D eigenvalue weighted by atomic mass is 10.2. The molecule has 0 saturated heterocycles. The summed E-state index contributed by atoms with van der Waals surface area (Å²) >= 11 is 11.7. The molecular formula is C11H12Cl2O3. The largest absolute Gasteiger partial charge is 0.493 e. The lowest BCUT2D eigenvalue weighted by Crippen LogP contribution is -2.08. The molecule has 0 bridgehead atoms. The highest BCUT2D eigenvalue weighted by atomic mass is 35.5. The van der Waals surface area contributed by atoms with Crippen molar-refractivity contribution in [3.8, 4) is 5.75 Å². The minimum atomic E-state index is -0.468. The van der Waals surface area contributed by atoms with Gasteiger partial charge in [0.2, 0.25) is 0 Å². The van der Waals surface area contributed by atoms with E-state index in [1.165, 1.54) is 12.1 Å². The van der Waals surface area contributed by atoms with Gasteiger partial charge < -0.3 is 9.47 Å². The van der Waals surface area contributed by atoms with Crippen LogP contribution < -0.4 is 4.74 Å². The van der Waals surface area contributed by atoms with Crippen molar-refractivity contribution < 1.29 is 14.3 Å². The minimum Gasteiger partial charge on any atom is -0.493 e. The summed E-state index contributed by atoms with van der Waals surface area (Å²) < 4.78 is 10.2. The maximum Gasteiger partial charge on any atom is 0.341 e. The Bertz CT molecular complexity index is 391. The molecule has 0 amide bonds. The molecule has 5 heteroatoms. The van der Waals surface area contributed by atoms with Gasteiger partial charge in [-0.1, -0.05) is 23.2 Å². The first-order valence-corrected chi connectivity index (χ1v) is 5.64. The van der Waals surface area contributed by atoms with Gasteiger partial charge in [0.15, 0.2) is 0 Å². The number of hydrogen-bond acceptors (Lipinski definition) is 3. The van der Waals surface area contributed by atoms with E-state index < -0.39 is 5.97 Å². The number of halogens is 2. The van der Waals surface area contributed by atoms with Crippen molar-refractivity contribution in [2.45, 2.75) is 13.8 Å². The van der Waals surface area contributed by atoms with E-state index in [1.54, 1.807) is 6.92 Å². The Hall–Kier alpha value is -0.930. The molecular weight excluding hydrogens is 251 g/mol. The number of carbonyl (C=O) groups excluding carboxylic acids is 1. The van der Waals surface area contributed by atoms with Crippen molar-refractivity contribution in [1.29, 1.82) is 0 Å². The fourth-order valence-electron chi connectivity index (χ4n) is 1.17. The molecule has 16 heavy (non-hydrogen) atoms. The van der Waals surface area contributed by atoms with Gasteiger partial charge in [0.25, 0.3) is 0 Å². The maximum atomic E-state index is 11.6. The van der Waals surface area contributed by atoms with E-state index in [9.17, 15) is 4.79 Å². The highest BCUT2D eigenvalue weighted by Gasteiger charge is 2.16. The van der Waals surface area contributed by atoms with Crippen LogP contribution in [-0.4, -0.2) is 19.2 Å². The molecule has 0 saturated carbocycles. The molecule has 0 atom stereocenters. The van der Waals surface area contributed by atoms with E-state index in [4.69, 9.17) is 32.7 Å². The van der Waals surface area contributed by atoms with Crippen LogP contribution in [0.3, 0.4) is 0 Å². The summed E-state index contributed by atoms with van der Waals surface area (Å²) in [4.78, 5) is 11.6. The zero-order chi connectivity index (χ0) is 12.1. The lowest BCUT2D eigenvalue weighted by Gasteiger charge is -2.10. The Morgan fingerprint density at radius 1 is 1.19 bits per heavy atom. The Kier molecular flexibility index (Phi) is 4.90. The predicted molar refractivity (Wildman–Crippen MR) is 63.6 cm³/mol. The molecule has 3 nitrogen and oxygen atoms in total. The van der Waals surface area contributed by atoms with Gasteiger partial charge in [-0.15, -0.1) is 0 Å². The Morgan fingerprint density at radius 2 is 1.81 bits per heavy atom. The van der Waals surface area contributed by atoms with E-state index in [1.807, 2.05) is 6.92 Å². The third-order valence-corrected chi connectivity index (χ3v) is 2.54. The van der Waals surface area contributed by atoms with Crippen LogP contribution in [0.15, 0.2) is 12.1 Å². The minimum absolute atomic E-state index is 0.290. The molecule has 0 unspecified atom stereocenters. The summed E-state index contributed by atoms with van der Waals surface area (Å²) in [6.07, 6.45) is 0. The van der Waals surface area contributed by atoms with Crippen LogP contribution in [0.2, 0.25) is 10.0 Å². The van der Waals surface area contributed by atoms with Crippen molar-refractivity contribution in [2.75, 3.05) is 13.2 Å². The van der Waals surface area contributed by atoms with Gasteiger partial charge in [0, 0.05) is 6.07 Å². The quantitative estimate of drug-likeness (QED) is 0.779. The van der Waals surface area contributed by atoms with Gasteiger partial charge in [-0.3, -0.25) is 0 Å². The van der Waals surface area contributed by atoms with Gasteiger partial charge in [-0.25, -0.2) is 4.79 Å². The molecule has 1 aromatic carbocycles. The Morgan fingerprint density at radius 3 is 2.38 bits per heavy atom. The Labute approximate surface area is 104 Å². The molecule has 0 aliphatic heterocycles. The molecule has 0 aliphatic rings. The lowest BCUT2D eigenvalue weighted by molar-refractivity contribution is 0.0522. The summed E-state index contributed by atoms with van der Waals surface area (Å²) in [7, 11) is 0. The second kappa shape index (κ2) is 5.97. The van der Waals surface area contributed by atoms with Crippen LogP contribution in [-0.2, 0) is 4.74 Å². The number of benzene rings is 1. The molecule has 0 heterocycles. The first-order valence-electron chi connectivity index (χ1n) is 4.89. The fourth-order valence-corrected chi connectivity index (χ4v) is 1.49. The van der Waals surface area contributed by atoms with Crippen molar-refractivity contribution in [3.05, 3.63) is 27.7 Å². The Balaban J connectivity index is 3.13. The second-order valence-corrected chi connectivity index (χ2v) is 3.73. The number of ether oxygens (including phenoxy) is 2. The molecule has 88 valence electrons. The fraction of sp³-hybridized carbons (Fsp3) is 0.364. The number of carbonyl (C=O) groups is 1. The molecule has 0 N–H and O–H groups in total. The van der Waals surface area contributed by atoms with Crippen LogP contribution in [0.4, 0.5) is 0 Å². The van der Waals surface area contributed by atoms with Crippen LogP contribution >= 0.6 is 23.2 Å². The van der Waals surface area contributed by atoms with E-state index in [0.29, 0.717) is 29.0 Å². The molecule has 0 aromatic heterocycles. The third kappa shape index (κ3) is 3.03. The van der Waals surface area contributed by atoms with Crippen LogP contribution in [0.5, 0.6) is 5.75 Å². The van der Waals surface area contributed by atoms with Gasteiger partial charge in [-0.2, -0.15) is 0 Å². The summed E-state index contributed by atoms with van der Waals surface area (Å²) in [6.45, 7) is 4.28. The molecule has 0 fully saturated rings. The van der Waals surface area contributed by atoms with Crippen LogP contribution in [0.25, 0.3) is 0 Å². The van der Waals surface area contributed by atoms with E-state index in [2.05, 4.69) is 0 Å². The van der Waals surface area contributed by atoms with Gasteiger partial charge >= 0.3 is 5.97 Å².